The minimum absolute atomic E-state index is 0.0200. The van der Waals surface area contributed by atoms with Gasteiger partial charge in [0.05, 0.1) is 19.6 Å². The Labute approximate surface area is 123 Å². The van der Waals surface area contributed by atoms with E-state index in [1.807, 2.05) is 31.2 Å². The number of methoxy groups -OCH3 is 1. The quantitative estimate of drug-likeness (QED) is 0.916. The molecule has 0 radical (unpaired) electrons. The second-order valence-corrected chi connectivity index (χ2v) is 4.80. The summed E-state index contributed by atoms with van der Waals surface area (Å²) in [6, 6.07) is 13.6. The first-order chi connectivity index (χ1) is 10.1. The van der Waals surface area contributed by atoms with Gasteiger partial charge in [-0.2, -0.15) is 0 Å². The molecule has 1 amide bonds. The summed E-state index contributed by atoms with van der Waals surface area (Å²) in [6.07, 6.45) is 0.0200. The van der Waals surface area contributed by atoms with Gasteiger partial charge in [0.2, 0.25) is 5.91 Å². The third-order valence-electron chi connectivity index (χ3n) is 3.29. The van der Waals surface area contributed by atoms with Gasteiger partial charge in [0, 0.05) is 5.56 Å². The molecule has 2 aromatic rings. The van der Waals surface area contributed by atoms with Crippen LogP contribution in [-0.4, -0.2) is 13.0 Å². The van der Waals surface area contributed by atoms with Crippen molar-refractivity contribution in [3.8, 4) is 5.75 Å². The molecule has 0 fully saturated rings. The van der Waals surface area contributed by atoms with Gasteiger partial charge >= 0.3 is 0 Å². The highest BCUT2D eigenvalue weighted by Crippen LogP contribution is 2.24. The Morgan fingerprint density at radius 1 is 1.19 bits per heavy atom. The molecule has 2 aromatic carbocycles. The number of halogens is 1. The standard InChI is InChI=1S/C17H18FNO2/c1-12(14-8-4-6-10-16(14)21-2)19-17(20)11-13-7-3-5-9-15(13)18/h3-10,12H,11H2,1-2H3,(H,19,20). The van der Waals surface area contributed by atoms with E-state index in [-0.39, 0.29) is 24.2 Å². The maximum Gasteiger partial charge on any atom is 0.225 e. The number of hydrogen-bond donors (Lipinski definition) is 1. The Kier molecular flexibility index (Phi) is 4.93. The third-order valence-corrected chi connectivity index (χ3v) is 3.29. The molecule has 0 heterocycles. The number of rotatable bonds is 5. The summed E-state index contributed by atoms with van der Waals surface area (Å²) in [4.78, 5) is 12.0. The van der Waals surface area contributed by atoms with E-state index in [2.05, 4.69) is 5.32 Å². The van der Waals surface area contributed by atoms with E-state index in [4.69, 9.17) is 4.74 Å². The molecule has 110 valence electrons. The molecule has 0 saturated carbocycles. The van der Waals surface area contributed by atoms with Gasteiger partial charge < -0.3 is 10.1 Å². The van der Waals surface area contributed by atoms with Gasteiger partial charge in [-0.15, -0.1) is 0 Å². The number of nitrogens with one attached hydrogen (secondary N) is 1. The highest BCUT2D eigenvalue weighted by molar-refractivity contribution is 5.79. The normalized spacial score (nSPS) is 11.8. The Morgan fingerprint density at radius 2 is 1.86 bits per heavy atom. The van der Waals surface area contributed by atoms with Crippen LogP contribution in [0, 0.1) is 5.82 Å². The third kappa shape index (κ3) is 3.81. The van der Waals surface area contributed by atoms with Crippen LogP contribution in [0.5, 0.6) is 5.75 Å². The van der Waals surface area contributed by atoms with Crippen molar-refractivity contribution in [3.63, 3.8) is 0 Å². The first-order valence-electron chi connectivity index (χ1n) is 6.77. The Balaban J connectivity index is 2.04. The molecule has 0 aliphatic rings. The summed E-state index contributed by atoms with van der Waals surface area (Å²) in [6.45, 7) is 1.87. The van der Waals surface area contributed by atoms with Crippen molar-refractivity contribution in [1.82, 2.24) is 5.32 Å². The fourth-order valence-electron chi connectivity index (χ4n) is 2.21. The molecule has 1 atom stereocenters. The number of ether oxygens (including phenoxy) is 1. The van der Waals surface area contributed by atoms with E-state index in [0.717, 1.165) is 11.3 Å². The number of amides is 1. The predicted octanol–water partition coefficient (Wildman–Crippen LogP) is 3.25. The minimum atomic E-state index is -0.363. The van der Waals surface area contributed by atoms with E-state index in [9.17, 15) is 9.18 Å². The highest BCUT2D eigenvalue weighted by Gasteiger charge is 2.14. The summed E-state index contributed by atoms with van der Waals surface area (Å²) < 4.78 is 18.8. The first-order valence-corrected chi connectivity index (χ1v) is 6.77. The van der Waals surface area contributed by atoms with E-state index in [0.29, 0.717) is 5.56 Å². The molecule has 2 rings (SSSR count). The van der Waals surface area contributed by atoms with E-state index >= 15 is 0 Å². The summed E-state index contributed by atoms with van der Waals surface area (Å²) in [5, 5.41) is 2.86. The van der Waals surface area contributed by atoms with Gasteiger partial charge in [-0.05, 0) is 24.6 Å². The van der Waals surface area contributed by atoms with Crippen LogP contribution in [0.1, 0.15) is 24.1 Å². The molecule has 3 nitrogen and oxygen atoms in total. The average Bonchev–Trinajstić information content (AvgIpc) is 2.49. The maximum absolute atomic E-state index is 13.5. The molecular weight excluding hydrogens is 269 g/mol. The fraction of sp³-hybridized carbons (Fsp3) is 0.235. The lowest BCUT2D eigenvalue weighted by atomic mass is 10.1. The van der Waals surface area contributed by atoms with E-state index in [1.54, 1.807) is 25.3 Å². The van der Waals surface area contributed by atoms with Crippen LogP contribution < -0.4 is 10.1 Å². The summed E-state index contributed by atoms with van der Waals surface area (Å²) >= 11 is 0. The Hall–Kier alpha value is -2.36. The molecule has 0 aliphatic heterocycles. The monoisotopic (exact) mass is 287 g/mol. The smallest absolute Gasteiger partial charge is 0.225 e. The van der Waals surface area contributed by atoms with Crippen LogP contribution in [0.4, 0.5) is 4.39 Å². The van der Waals surface area contributed by atoms with Crippen molar-refractivity contribution in [2.75, 3.05) is 7.11 Å². The number of para-hydroxylation sites is 1. The minimum Gasteiger partial charge on any atom is -0.496 e. The second-order valence-electron chi connectivity index (χ2n) is 4.80. The zero-order chi connectivity index (χ0) is 15.2. The van der Waals surface area contributed by atoms with Crippen molar-refractivity contribution in [1.29, 1.82) is 0 Å². The van der Waals surface area contributed by atoms with Crippen LogP contribution in [0.3, 0.4) is 0 Å². The molecule has 1 N–H and O–H groups in total. The maximum atomic E-state index is 13.5. The number of benzene rings is 2. The topological polar surface area (TPSA) is 38.3 Å². The Morgan fingerprint density at radius 3 is 2.57 bits per heavy atom. The lowest BCUT2D eigenvalue weighted by Gasteiger charge is -2.17. The van der Waals surface area contributed by atoms with Crippen molar-refractivity contribution in [3.05, 3.63) is 65.5 Å². The molecule has 0 bridgehead atoms. The lowest BCUT2D eigenvalue weighted by molar-refractivity contribution is -0.121. The van der Waals surface area contributed by atoms with Crippen molar-refractivity contribution >= 4 is 5.91 Å². The van der Waals surface area contributed by atoms with Crippen molar-refractivity contribution in [2.24, 2.45) is 0 Å². The fourth-order valence-corrected chi connectivity index (χ4v) is 2.21. The van der Waals surface area contributed by atoms with Gasteiger partial charge in [-0.3, -0.25) is 4.79 Å². The van der Waals surface area contributed by atoms with E-state index < -0.39 is 0 Å². The van der Waals surface area contributed by atoms with Crippen LogP contribution >= 0.6 is 0 Å². The van der Waals surface area contributed by atoms with Gasteiger partial charge in [0.15, 0.2) is 0 Å². The second kappa shape index (κ2) is 6.88. The molecule has 21 heavy (non-hydrogen) atoms. The lowest BCUT2D eigenvalue weighted by Crippen LogP contribution is -2.28. The average molecular weight is 287 g/mol. The zero-order valence-corrected chi connectivity index (χ0v) is 12.1. The summed E-state index contributed by atoms with van der Waals surface area (Å²) in [5.41, 5.74) is 1.28. The first kappa shape index (κ1) is 15.0. The molecule has 0 aromatic heterocycles. The molecule has 0 aliphatic carbocycles. The summed E-state index contributed by atoms with van der Waals surface area (Å²) in [7, 11) is 1.59. The molecule has 1 unspecified atom stereocenters. The van der Waals surface area contributed by atoms with Gasteiger partial charge in [0.1, 0.15) is 11.6 Å². The predicted molar refractivity (Wildman–Crippen MR) is 79.7 cm³/mol. The number of carbonyl (C=O) groups excluding carboxylic acids is 1. The van der Waals surface area contributed by atoms with Crippen molar-refractivity contribution in [2.45, 2.75) is 19.4 Å². The van der Waals surface area contributed by atoms with E-state index in [1.165, 1.54) is 6.07 Å². The van der Waals surface area contributed by atoms with Crippen molar-refractivity contribution < 1.29 is 13.9 Å². The summed E-state index contributed by atoms with van der Waals surface area (Å²) in [5.74, 6) is 0.132. The molecule has 0 spiro atoms. The zero-order valence-electron chi connectivity index (χ0n) is 12.1. The highest BCUT2D eigenvalue weighted by atomic mass is 19.1. The molecule has 4 heteroatoms. The largest absolute Gasteiger partial charge is 0.496 e. The van der Waals surface area contributed by atoms with Gasteiger partial charge in [-0.1, -0.05) is 36.4 Å². The van der Waals surface area contributed by atoms with Gasteiger partial charge in [-0.25, -0.2) is 4.39 Å². The number of carbonyl (C=O) groups is 1. The van der Waals surface area contributed by atoms with Gasteiger partial charge in [0.25, 0.3) is 0 Å². The molecular formula is C17H18FNO2. The molecule has 0 saturated heterocycles. The van der Waals surface area contributed by atoms with Crippen LogP contribution in [0.25, 0.3) is 0 Å². The Bertz CT molecular complexity index is 628. The van der Waals surface area contributed by atoms with Crippen LogP contribution in [0.15, 0.2) is 48.5 Å². The number of hydrogen-bond acceptors (Lipinski definition) is 2. The van der Waals surface area contributed by atoms with Crippen LogP contribution in [0.2, 0.25) is 0 Å². The SMILES string of the molecule is COc1ccccc1C(C)NC(=O)Cc1ccccc1F. The van der Waals surface area contributed by atoms with Crippen LogP contribution in [-0.2, 0) is 11.2 Å².